The summed E-state index contributed by atoms with van der Waals surface area (Å²) in [5, 5.41) is 7.85. The zero-order chi connectivity index (χ0) is 22.5. The monoisotopic (exact) mass is 457 g/mol. The van der Waals surface area contributed by atoms with Crippen LogP contribution in [0.5, 0.6) is 0 Å². The van der Waals surface area contributed by atoms with Gasteiger partial charge in [0.15, 0.2) is 0 Å². The number of alkyl halides is 4. The van der Waals surface area contributed by atoms with Gasteiger partial charge in [-0.15, -0.1) is 53.0 Å². The van der Waals surface area contributed by atoms with Crippen molar-refractivity contribution in [3.63, 3.8) is 0 Å². The van der Waals surface area contributed by atoms with Crippen LogP contribution < -0.4 is 0 Å². The molecule has 0 N–H and O–H groups in total. The molecule has 0 saturated heterocycles. The Labute approximate surface area is 189 Å². The quantitative estimate of drug-likeness (QED) is 0.275. The van der Waals surface area contributed by atoms with Gasteiger partial charge in [-0.25, -0.2) is 0 Å². The van der Waals surface area contributed by atoms with Crippen molar-refractivity contribution in [3.8, 4) is 6.07 Å². The molecule has 0 aliphatic rings. The molecule has 0 aliphatic carbocycles. The van der Waals surface area contributed by atoms with E-state index in [9.17, 15) is 0 Å². The lowest BCUT2D eigenvalue weighted by Gasteiger charge is -2.11. The summed E-state index contributed by atoms with van der Waals surface area (Å²) < 4.78 is 0. The van der Waals surface area contributed by atoms with E-state index >= 15 is 0 Å². The molecule has 0 radical (unpaired) electrons. The second-order valence-electron chi connectivity index (χ2n) is 6.16. The fraction of sp³-hybridized carbons (Fsp3) is 0.682. The van der Waals surface area contributed by atoms with Crippen molar-refractivity contribution >= 4 is 46.4 Å². The molecule has 0 aromatic rings. The summed E-state index contributed by atoms with van der Waals surface area (Å²) >= 11 is 22.2. The van der Waals surface area contributed by atoms with Gasteiger partial charge in [-0.2, -0.15) is 5.26 Å². The van der Waals surface area contributed by atoms with Crippen LogP contribution in [0.4, 0.5) is 0 Å². The number of hydrogen-bond donors (Lipinski definition) is 0. The maximum Gasteiger partial charge on any atom is 0.120 e. The highest BCUT2D eigenvalue weighted by Crippen LogP contribution is 2.18. The summed E-state index contributed by atoms with van der Waals surface area (Å²) in [6.45, 7) is 21.3. The molecule has 3 atom stereocenters. The van der Waals surface area contributed by atoms with Gasteiger partial charge >= 0.3 is 0 Å². The predicted octanol–water partition coefficient (Wildman–Crippen LogP) is 9.27. The van der Waals surface area contributed by atoms with Gasteiger partial charge in [-0.1, -0.05) is 57.6 Å². The second-order valence-corrected chi connectivity index (χ2v) is 8.34. The van der Waals surface area contributed by atoms with Gasteiger partial charge in [0.25, 0.3) is 0 Å². The first-order valence-corrected chi connectivity index (χ1v) is 11.1. The third-order valence-corrected chi connectivity index (χ3v) is 5.20. The van der Waals surface area contributed by atoms with Crippen molar-refractivity contribution in [2.75, 3.05) is 5.88 Å². The van der Waals surface area contributed by atoms with E-state index in [1.807, 2.05) is 47.6 Å². The van der Waals surface area contributed by atoms with Crippen LogP contribution in [0.15, 0.2) is 36.5 Å². The SMILES string of the molecule is C=C(C)C(Cl)CC.C=CC(C)(Cl)CC.CC/C=C(/C)CCl.CCC(Cl)C#N. The van der Waals surface area contributed by atoms with E-state index in [1.165, 1.54) is 5.57 Å². The standard InChI is InChI=1S/3C6H11Cl.C4H6ClN/c1-4-6(3,7)5-2;1-4-6(7)5(2)3;1-3-4-6(2)5-7;1-2-4(5)3-6/h4H,1,5H2,2-3H3;6H,2,4H2,1,3H3;4H,3,5H2,1-2H3;4H,2H2,1H3/b;;6-4-;. The van der Waals surface area contributed by atoms with Crippen LogP contribution in [0, 0.1) is 11.3 Å². The molecule has 0 bridgehead atoms. The topological polar surface area (TPSA) is 23.8 Å². The number of rotatable bonds is 7. The van der Waals surface area contributed by atoms with Crippen LogP contribution in [0.3, 0.4) is 0 Å². The van der Waals surface area contributed by atoms with Gasteiger partial charge < -0.3 is 0 Å². The van der Waals surface area contributed by atoms with E-state index in [-0.39, 0.29) is 15.6 Å². The largest absolute Gasteiger partial charge is 0.197 e. The molecule has 0 heterocycles. The lowest BCUT2D eigenvalue weighted by atomic mass is 10.1. The second kappa shape index (κ2) is 23.9. The van der Waals surface area contributed by atoms with Gasteiger partial charge in [0.2, 0.25) is 0 Å². The van der Waals surface area contributed by atoms with Crippen molar-refractivity contribution in [2.45, 2.75) is 89.8 Å². The smallest absolute Gasteiger partial charge is 0.120 e. The first-order chi connectivity index (χ1) is 12.4. The van der Waals surface area contributed by atoms with E-state index in [0.29, 0.717) is 5.88 Å². The summed E-state index contributed by atoms with van der Waals surface area (Å²) in [6.07, 6.45) is 7.65. The molecule has 0 aromatic heterocycles. The molecule has 0 amide bonds. The third kappa shape index (κ3) is 33.8. The molecular formula is C22H39Cl4N. The van der Waals surface area contributed by atoms with Gasteiger partial charge in [0.1, 0.15) is 5.38 Å². The highest BCUT2D eigenvalue weighted by molar-refractivity contribution is 6.24. The van der Waals surface area contributed by atoms with Crippen molar-refractivity contribution in [2.24, 2.45) is 0 Å². The zero-order valence-electron chi connectivity index (χ0n) is 18.2. The maximum atomic E-state index is 7.95. The summed E-state index contributed by atoms with van der Waals surface area (Å²) in [4.78, 5) is -0.181. The van der Waals surface area contributed by atoms with Crippen molar-refractivity contribution in [1.82, 2.24) is 0 Å². The molecule has 0 aromatic carbocycles. The summed E-state index contributed by atoms with van der Waals surface area (Å²) in [5.74, 6) is 0.674. The van der Waals surface area contributed by atoms with Crippen LogP contribution in [0.2, 0.25) is 0 Å². The van der Waals surface area contributed by atoms with E-state index in [4.69, 9.17) is 51.7 Å². The Morgan fingerprint density at radius 3 is 1.67 bits per heavy atom. The number of nitriles is 1. The first-order valence-electron chi connectivity index (χ1n) is 9.29. The Hall–Kier alpha value is -0.130. The highest BCUT2D eigenvalue weighted by Gasteiger charge is 2.10. The molecule has 1 nitrogen and oxygen atoms in total. The average Bonchev–Trinajstić information content (AvgIpc) is 2.67. The van der Waals surface area contributed by atoms with Crippen LogP contribution in [0.25, 0.3) is 0 Å². The first kappa shape index (κ1) is 34.4. The number of nitrogens with zero attached hydrogens (tertiary/aromatic N) is 1. The summed E-state index contributed by atoms with van der Waals surface area (Å²) in [7, 11) is 0. The number of halogens is 4. The fourth-order valence-electron chi connectivity index (χ4n) is 0.987. The maximum absolute atomic E-state index is 7.95. The summed E-state index contributed by atoms with van der Waals surface area (Å²) in [5.41, 5.74) is 2.33. The average molecular weight is 459 g/mol. The number of allylic oxidation sites excluding steroid dienone is 4. The fourth-order valence-corrected chi connectivity index (χ4v) is 1.10. The van der Waals surface area contributed by atoms with E-state index in [2.05, 4.69) is 26.2 Å². The molecule has 0 aliphatic heterocycles. The van der Waals surface area contributed by atoms with Crippen molar-refractivity contribution < 1.29 is 0 Å². The van der Waals surface area contributed by atoms with Crippen molar-refractivity contribution in [1.29, 1.82) is 5.26 Å². The van der Waals surface area contributed by atoms with Gasteiger partial charge in [-0.05, 0) is 46.5 Å². The molecule has 3 unspecified atom stereocenters. The minimum absolute atomic E-state index is 0.181. The minimum atomic E-state index is -0.287. The normalized spacial score (nSPS) is 14.2. The Morgan fingerprint density at radius 1 is 1.15 bits per heavy atom. The van der Waals surface area contributed by atoms with Gasteiger partial charge in [0, 0.05) is 5.88 Å². The van der Waals surface area contributed by atoms with Crippen LogP contribution in [-0.2, 0) is 0 Å². The molecular weight excluding hydrogens is 420 g/mol. The van der Waals surface area contributed by atoms with E-state index in [0.717, 1.165) is 31.3 Å². The van der Waals surface area contributed by atoms with Crippen molar-refractivity contribution in [3.05, 3.63) is 36.5 Å². The predicted molar refractivity (Wildman–Crippen MR) is 130 cm³/mol. The molecule has 0 spiro atoms. The number of hydrogen-bond acceptors (Lipinski definition) is 1. The van der Waals surface area contributed by atoms with Gasteiger partial charge in [-0.3, -0.25) is 0 Å². The van der Waals surface area contributed by atoms with E-state index < -0.39 is 0 Å². The molecule has 160 valence electrons. The molecule has 0 saturated carbocycles. The Kier molecular flexibility index (Phi) is 30.4. The van der Waals surface area contributed by atoms with Gasteiger partial charge in [0.05, 0.1) is 16.3 Å². The molecule has 0 fully saturated rings. The molecule has 5 heteroatoms. The molecule has 27 heavy (non-hydrogen) atoms. The minimum Gasteiger partial charge on any atom is -0.197 e. The lowest BCUT2D eigenvalue weighted by Crippen LogP contribution is -2.08. The Bertz CT molecular complexity index is 423. The van der Waals surface area contributed by atoms with E-state index in [1.54, 1.807) is 6.08 Å². The van der Waals surface area contributed by atoms with Crippen LogP contribution in [0.1, 0.15) is 74.1 Å². The molecule has 0 rings (SSSR count). The summed E-state index contributed by atoms with van der Waals surface area (Å²) in [6, 6.07) is 1.88. The van der Waals surface area contributed by atoms with Crippen LogP contribution >= 0.6 is 46.4 Å². The third-order valence-electron chi connectivity index (χ3n) is 3.27. The lowest BCUT2D eigenvalue weighted by molar-refractivity contribution is 0.744. The highest BCUT2D eigenvalue weighted by atomic mass is 35.5. The zero-order valence-corrected chi connectivity index (χ0v) is 21.2. The Balaban J connectivity index is -0.000000131. The van der Waals surface area contributed by atoms with Crippen LogP contribution in [-0.4, -0.2) is 21.5 Å². The Morgan fingerprint density at radius 2 is 1.63 bits per heavy atom.